The molecule has 8 heteroatoms. The van der Waals surface area contributed by atoms with Crippen molar-refractivity contribution in [3.05, 3.63) is 57.5 Å². The Hall–Kier alpha value is -3.00. The summed E-state index contributed by atoms with van der Waals surface area (Å²) in [5.41, 5.74) is 2.67. The minimum Gasteiger partial charge on any atom is -0.326 e. The lowest BCUT2D eigenvalue weighted by Crippen LogP contribution is -2.19. The maximum atomic E-state index is 12.4. The van der Waals surface area contributed by atoms with Crippen molar-refractivity contribution in [3.63, 3.8) is 0 Å². The molecule has 4 aromatic rings. The number of nitrogens with zero attached hydrogens (tertiary/aromatic N) is 4. The first-order valence-corrected chi connectivity index (χ1v) is 9.59. The van der Waals surface area contributed by atoms with Crippen LogP contribution in [0.25, 0.3) is 16.0 Å². The first kappa shape index (κ1) is 17.4. The molecule has 1 aromatic carbocycles. The molecule has 0 spiro atoms. The van der Waals surface area contributed by atoms with E-state index in [1.807, 2.05) is 47.0 Å². The molecule has 0 aliphatic heterocycles. The maximum Gasteiger partial charge on any atom is 0.272 e. The zero-order valence-corrected chi connectivity index (χ0v) is 15.9. The summed E-state index contributed by atoms with van der Waals surface area (Å²) < 4.78 is 4.11. The number of nitrogens with one attached hydrogen (secondary N) is 1. The Morgan fingerprint density at radius 1 is 1.26 bits per heavy atom. The molecule has 0 radical (unpaired) electrons. The van der Waals surface area contributed by atoms with Crippen LogP contribution in [0.4, 0.5) is 5.69 Å². The molecule has 0 saturated carbocycles. The highest BCUT2D eigenvalue weighted by atomic mass is 32.1. The van der Waals surface area contributed by atoms with Gasteiger partial charge in [0.1, 0.15) is 10.5 Å². The fourth-order valence-corrected chi connectivity index (χ4v) is 4.02. The SMILES string of the molecule is Cc1cccc(NC(=O)CCCc2nnc3n(C)c(=O)c4sccc4n23)c1. The molecule has 3 heterocycles. The van der Waals surface area contributed by atoms with Crippen molar-refractivity contribution in [2.75, 3.05) is 5.32 Å². The molecule has 0 aliphatic rings. The number of carbonyl (C=O) groups excluding carboxylic acids is 1. The van der Waals surface area contributed by atoms with Crippen LogP contribution in [0.5, 0.6) is 0 Å². The summed E-state index contributed by atoms with van der Waals surface area (Å²) in [6.45, 7) is 1.99. The topological polar surface area (TPSA) is 81.3 Å². The molecule has 0 unspecified atom stereocenters. The maximum absolute atomic E-state index is 12.4. The van der Waals surface area contributed by atoms with Gasteiger partial charge in [0.25, 0.3) is 5.56 Å². The van der Waals surface area contributed by atoms with Crippen molar-refractivity contribution in [2.45, 2.75) is 26.2 Å². The molecule has 138 valence electrons. The average Bonchev–Trinajstić information content (AvgIpc) is 3.26. The number of benzene rings is 1. The highest BCUT2D eigenvalue weighted by molar-refractivity contribution is 7.17. The molecule has 1 N–H and O–H groups in total. The number of carbonyl (C=O) groups is 1. The van der Waals surface area contributed by atoms with E-state index in [2.05, 4.69) is 15.5 Å². The van der Waals surface area contributed by atoms with Gasteiger partial charge < -0.3 is 5.32 Å². The van der Waals surface area contributed by atoms with Gasteiger partial charge in [0.15, 0.2) is 0 Å². The minimum atomic E-state index is -0.0658. The van der Waals surface area contributed by atoms with Crippen LogP contribution in [0.15, 0.2) is 40.5 Å². The Morgan fingerprint density at radius 3 is 2.93 bits per heavy atom. The smallest absolute Gasteiger partial charge is 0.272 e. The number of amides is 1. The third-order valence-electron chi connectivity index (χ3n) is 4.50. The summed E-state index contributed by atoms with van der Waals surface area (Å²) in [6, 6.07) is 9.64. The lowest BCUT2D eigenvalue weighted by atomic mass is 10.2. The Labute approximate surface area is 159 Å². The largest absolute Gasteiger partial charge is 0.326 e. The van der Waals surface area contributed by atoms with Gasteiger partial charge in [0.2, 0.25) is 11.7 Å². The van der Waals surface area contributed by atoms with Gasteiger partial charge in [-0.3, -0.25) is 18.6 Å². The number of aromatic nitrogens is 4. The number of fused-ring (bicyclic) bond motifs is 3. The molecule has 3 aromatic heterocycles. The van der Waals surface area contributed by atoms with Crippen molar-refractivity contribution >= 4 is 38.9 Å². The number of rotatable bonds is 5. The lowest BCUT2D eigenvalue weighted by Gasteiger charge is -2.06. The number of hydrogen-bond acceptors (Lipinski definition) is 5. The van der Waals surface area contributed by atoms with Gasteiger partial charge in [-0.2, -0.15) is 0 Å². The fourth-order valence-electron chi connectivity index (χ4n) is 3.17. The first-order valence-electron chi connectivity index (χ1n) is 8.71. The molecule has 27 heavy (non-hydrogen) atoms. The van der Waals surface area contributed by atoms with E-state index in [-0.39, 0.29) is 11.5 Å². The Kier molecular flexibility index (Phi) is 4.49. The van der Waals surface area contributed by atoms with Crippen LogP contribution in [0, 0.1) is 6.92 Å². The van der Waals surface area contributed by atoms with E-state index in [4.69, 9.17) is 0 Å². The van der Waals surface area contributed by atoms with Crippen molar-refractivity contribution in [3.8, 4) is 0 Å². The summed E-state index contributed by atoms with van der Waals surface area (Å²) in [7, 11) is 1.70. The van der Waals surface area contributed by atoms with Gasteiger partial charge in [-0.05, 0) is 42.5 Å². The zero-order chi connectivity index (χ0) is 19.0. The van der Waals surface area contributed by atoms with Crippen LogP contribution in [0.3, 0.4) is 0 Å². The van der Waals surface area contributed by atoms with Crippen molar-refractivity contribution in [1.29, 1.82) is 0 Å². The summed E-state index contributed by atoms with van der Waals surface area (Å²) in [4.78, 5) is 24.5. The first-order chi connectivity index (χ1) is 13.0. The van der Waals surface area contributed by atoms with Gasteiger partial charge in [-0.15, -0.1) is 21.5 Å². The van der Waals surface area contributed by atoms with Gasteiger partial charge in [-0.1, -0.05) is 12.1 Å². The number of hydrogen-bond donors (Lipinski definition) is 1. The van der Waals surface area contributed by atoms with Crippen LogP contribution in [-0.4, -0.2) is 25.1 Å². The second kappa shape index (κ2) is 6.96. The van der Waals surface area contributed by atoms with E-state index in [1.165, 1.54) is 15.9 Å². The summed E-state index contributed by atoms with van der Waals surface area (Å²) in [5.74, 6) is 1.25. The predicted molar refractivity (Wildman–Crippen MR) is 106 cm³/mol. The van der Waals surface area contributed by atoms with Gasteiger partial charge in [-0.25, -0.2) is 0 Å². The zero-order valence-electron chi connectivity index (χ0n) is 15.1. The van der Waals surface area contributed by atoms with E-state index >= 15 is 0 Å². The molecule has 1 amide bonds. The van der Waals surface area contributed by atoms with Gasteiger partial charge in [0.05, 0.1) is 5.52 Å². The molecule has 7 nitrogen and oxygen atoms in total. The van der Waals surface area contributed by atoms with Crippen molar-refractivity contribution < 1.29 is 4.79 Å². The van der Waals surface area contributed by atoms with Crippen molar-refractivity contribution in [2.24, 2.45) is 7.05 Å². The second-order valence-electron chi connectivity index (χ2n) is 6.52. The lowest BCUT2D eigenvalue weighted by molar-refractivity contribution is -0.116. The van der Waals surface area contributed by atoms with Crippen LogP contribution in [-0.2, 0) is 18.3 Å². The summed E-state index contributed by atoms with van der Waals surface area (Å²) in [5, 5.41) is 13.2. The Balaban J connectivity index is 1.50. The molecule has 0 fully saturated rings. The van der Waals surface area contributed by atoms with E-state index in [1.54, 1.807) is 7.05 Å². The van der Waals surface area contributed by atoms with Crippen LogP contribution < -0.4 is 10.9 Å². The monoisotopic (exact) mass is 381 g/mol. The summed E-state index contributed by atoms with van der Waals surface area (Å²) >= 11 is 1.41. The molecule has 4 rings (SSSR count). The molecular weight excluding hydrogens is 362 g/mol. The standard InChI is InChI=1S/C19H19N5O2S/c1-12-5-3-6-13(11-12)20-16(25)8-4-7-15-21-22-19-23(2)18(26)17-14(24(15)19)9-10-27-17/h3,5-6,9-11H,4,7-8H2,1-2H3,(H,20,25). The van der Waals surface area contributed by atoms with E-state index in [0.29, 0.717) is 29.7 Å². The molecule has 0 aliphatic carbocycles. The second-order valence-corrected chi connectivity index (χ2v) is 7.44. The highest BCUT2D eigenvalue weighted by Gasteiger charge is 2.15. The third kappa shape index (κ3) is 3.23. The third-order valence-corrected chi connectivity index (χ3v) is 5.39. The number of anilines is 1. The number of aryl methyl sites for hydroxylation is 3. The van der Waals surface area contributed by atoms with Gasteiger partial charge in [0, 0.05) is 25.6 Å². The van der Waals surface area contributed by atoms with E-state index < -0.39 is 0 Å². The Morgan fingerprint density at radius 2 is 2.11 bits per heavy atom. The average molecular weight is 381 g/mol. The van der Waals surface area contributed by atoms with E-state index in [9.17, 15) is 9.59 Å². The highest BCUT2D eigenvalue weighted by Crippen LogP contribution is 2.20. The fraction of sp³-hybridized carbons (Fsp3) is 0.263. The van der Waals surface area contributed by atoms with E-state index in [0.717, 1.165) is 22.6 Å². The normalized spacial score (nSPS) is 11.3. The molecule has 0 atom stereocenters. The number of thiophene rings is 1. The van der Waals surface area contributed by atoms with Crippen LogP contribution in [0.2, 0.25) is 0 Å². The minimum absolute atomic E-state index is 0.0255. The van der Waals surface area contributed by atoms with Crippen LogP contribution in [0.1, 0.15) is 24.2 Å². The molecule has 0 saturated heterocycles. The van der Waals surface area contributed by atoms with Crippen molar-refractivity contribution in [1.82, 2.24) is 19.2 Å². The molecule has 0 bridgehead atoms. The summed E-state index contributed by atoms with van der Waals surface area (Å²) in [6.07, 6.45) is 1.64. The Bertz CT molecular complexity index is 1200. The quantitative estimate of drug-likeness (QED) is 0.576. The molecular formula is C19H19N5O2S. The van der Waals surface area contributed by atoms with Crippen LogP contribution >= 0.6 is 11.3 Å². The van der Waals surface area contributed by atoms with Gasteiger partial charge >= 0.3 is 0 Å². The predicted octanol–water partition coefficient (Wildman–Crippen LogP) is 2.91.